The predicted molar refractivity (Wildman–Crippen MR) is 93.2 cm³/mol. The van der Waals surface area contributed by atoms with Crippen molar-refractivity contribution in [1.29, 1.82) is 5.26 Å². The summed E-state index contributed by atoms with van der Waals surface area (Å²) in [4.78, 5) is 17.9. The number of nitriles is 1. The highest BCUT2D eigenvalue weighted by atomic mass is 16.6. The van der Waals surface area contributed by atoms with Gasteiger partial charge in [0.05, 0.1) is 18.5 Å². The topological polar surface area (TPSA) is 83.5 Å². The lowest BCUT2D eigenvalue weighted by Crippen LogP contribution is -2.31. The Morgan fingerprint density at radius 3 is 2.92 bits per heavy atom. The van der Waals surface area contributed by atoms with E-state index in [9.17, 15) is 4.79 Å². The number of hydrogen-bond acceptors (Lipinski definition) is 5. The van der Waals surface area contributed by atoms with Crippen LogP contribution < -0.4 is 4.90 Å². The zero-order valence-corrected chi connectivity index (χ0v) is 14.0. The third-order valence-electron chi connectivity index (χ3n) is 3.78. The van der Waals surface area contributed by atoms with E-state index < -0.39 is 0 Å². The van der Waals surface area contributed by atoms with Gasteiger partial charge in [-0.05, 0) is 32.0 Å². The molecular weight excluding hydrogens is 318 g/mol. The number of benzene rings is 1. The van der Waals surface area contributed by atoms with Crippen LogP contribution in [-0.2, 0) is 4.74 Å². The molecule has 2 aromatic heterocycles. The van der Waals surface area contributed by atoms with Crippen molar-refractivity contribution in [1.82, 2.24) is 14.6 Å². The molecule has 0 saturated heterocycles. The first-order chi connectivity index (χ1) is 12.2. The second kappa shape index (κ2) is 7.01. The molecule has 0 aliphatic carbocycles. The number of aromatic nitrogens is 3. The molecule has 1 amide bonds. The summed E-state index contributed by atoms with van der Waals surface area (Å²) in [6.45, 7) is 4.49. The van der Waals surface area contributed by atoms with Gasteiger partial charge >= 0.3 is 6.09 Å². The van der Waals surface area contributed by atoms with E-state index >= 15 is 0 Å². The number of anilines is 1. The van der Waals surface area contributed by atoms with Crippen LogP contribution in [0.5, 0.6) is 0 Å². The smallest absolute Gasteiger partial charge is 0.414 e. The van der Waals surface area contributed by atoms with E-state index in [1.54, 1.807) is 22.5 Å². The molecule has 0 aliphatic heterocycles. The SMILES string of the molecule is CCOC(=O)N(CC)c1cccc(-c2ccnc3c(C#N)cnn23)c1. The number of hydrogen-bond donors (Lipinski definition) is 0. The monoisotopic (exact) mass is 335 g/mol. The van der Waals surface area contributed by atoms with E-state index in [0.29, 0.717) is 24.4 Å². The summed E-state index contributed by atoms with van der Waals surface area (Å²) in [5.41, 5.74) is 3.30. The normalized spacial score (nSPS) is 10.4. The van der Waals surface area contributed by atoms with Gasteiger partial charge in [0.2, 0.25) is 0 Å². The minimum absolute atomic E-state index is 0.324. The summed E-state index contributed by atoms with van der Waals surface area (Å²) in [6.07, 6.45) is 2.75. The molecule has 2 heterocycles. The Kier molecular flexibility index (Phi) is 4.61. The Morgan fingerprint density at radius 2 is 2.20 bits per heavy atom. The second-order valence-corrected chi connectivity index (χ2v) is 5.23. The Bertz CT molecular complexity index is 957. The standard InChI is InChI=1S/C18H17N5O2/c1-3-22(18(24)25-4-2)15-7-5-6-13(10-15)16-8-9-20-17-14(11-19)12-21-23(16)17/h5-10,12H,3-4H2,1-2H3. The van der Waals surface area contributed by atoms with Gasteiger partial charge in [0.15, 0.2) is 5.65 Å². The summed E-state index contributed by atoms with van der Waals surface area (Å²) >= 11 is 0. The number of nitrogens with zero attached hydrogens (tertiary/aromatic N) is 5. The summed E-state index contributed by atoms with van der Waals surface area (Å²) in [6, 6.07) is 11.4. The van der Waals surface area contributed by atoms with Crippen molar-refractivity contribution in [3.8, 4) is 17.3 Å². The molecule has 0 N–H and O–H groups in total. The Morgan fingerprint density at radius 1 is 1.36 bits per heavy atom. The summed E-state index contributed by atoms with van der Waals surface area (Å²) in [7, 11) is 0. The zero-order valence-electron chi connectivity index (χ0n) is 14.0. The van der Waals surface area contributed by atoms with E-state index in [1.807, 2.05) is 37.3 Å². The van der Waals surface area contributed by atoms with Crippen molar-refractivity contribution in [2.75, 3.05) is 18.1 Å². The van der Waals surface area contributed by atoms with Crippen LogP contribution in [-0.4, -0.2) is 33.8 Å². The molecule has 3 aromatic rings. The molecule has 0 spiro atoms. The molecule has 1 aromatic carbocycles. The maximum atomic E-state index is 12.1. The molecule has 0 atom stereocenters. The average molecular weight is 335 g/mol. The Hall–Kier alpha value is -3.40. The molecule has 3 rings (SSSR count). The number of carbonyl (C=O) groups excluding carboxylic acids is 1. The van der Waals surface area contributed by atoms with E-state index in [2.05, 4.69) is 16.2 Å². The molecule has 0 fully saturated rings. The van der Waals surface area contributed by atoms with Crippen LogP contribution in [0.3, 0.4) is 0 Å². The maximum Gasteiger partial charge on any atom is 0.414 e. The van der Waals surface area contributed by atoms with Crippen molar-refractivity contribution in [2.45, 2.75) is 13.8 Å². The van der Waals surface area contributed by atoms with Crippen LogP contribution in [0, 0.1) is 11.3 Å². The van der Waals surface area contributed by atoms with E-state index in [4.69, 9.17) is 10.00 Å². The number of ether oxygens (including phenoxy) is 1. The number of fused-ring (bicyclic) bond motifs is 1. The molecule has 0 aliphatic rings. The van der Waals surface area contributed by atoms with Crippen LogP contribution in [0.4, 0.5) is 10.5 Å². The summed E-state index contributed by atoms with van der Waals surface area (Å²) in [5.74, 6) is 0. The van der Waals surface area contributed by atoms with Crippen molar-refractivity contribution in [2.24, 2.45) is 0 Å². The third kappa shape index (κ3) is 3.02. The van der Waals surface area contributed by atoms with Gasteiger partial charge in [-0.2, -0.15) is 10.4 Å². The van der Waals surface area contributed by atoms with Gasteiger partial charge < -0.3 is 4.74 Å². The van der Waals surface area contributed by atoms with Crippen molar-refractivity contribution < 1.29 is 9.53 Å². The van der Waals surface area contributed by atoms with E-state index in [1.165, 1.54) is 6.20 Å². The molecule has 7 heteroatoms. The minimum atomic E-state index is -0.382. The fourth-order valence-corrected chi connectivity index (χ4v) is 2.64. The lowest BCUT2D eigenvalue weighted by molar-refractivity contribution is 0.160. The number of carbonyl (C=O) groups is 1. The van der Waals surface area contributed by atoms with Crippen LogP contribution >= 0.6 is 0 Å². The Balaban J connectivity index is 2.07. The molecule has 25 heavy (non-hydrogen) atoms. The highest BCUT2D eigenvalue weighted by Crippen LogP contribution is 2.26. The summed E-state index contributed by atoms with van der Waals surface area (Å²) in [5, 5.41) is 13.4. The quantitative estimate of drug-likeness (QED) is 0.731. The van der Waals surface area contributed by atoms with Crippen LogP contribution in [0.1, 0.15) is 19.4 Å². The minimum Gasteiger partial charge on any atom is -0.449 e. The largest absolute Gasteiger partial charge is 0.449 e. The molecule has 0 radical (unpaired) electrons. The number of amides is 1. The fourth-order valence-electron chi connectivity index (χ4n) is 2.64. The molecule has 126 valence electrons. The summed E-state index contributed by atoms with van der Waals surface area (Å²) < 4.78 is 6.73. The van der Waals surface area contributed by atoms with Crippen molar-refractivity contribution in [3.05, 3.63) is 48.3 Å². The predicted octanol–water partition coefficient (Wildman–Crippen LogP) is 3.25. The second-order valence-electron chi connectivity index (χ2n) is 5.23. The van der Waals surface area contributed by atoms with Crippen LogP contribution in [0.25, 0.3) is 16.9 Å². The Labute approximate surface area is 145 Å². The van der Waals surface area contributed by atoms with Gasteiger partial charge in [-0.3, -0.25) is 4.90 Å². The molecule has 0 bridgehead atoms. The van der Waals surface area contributed by atoms with Gasteiger partial charge in [-0.25, -0.2) is 14.3 Å². The fraction of sp³-hybridized carbons (Fsp3) is 0.222. The molecule has 0 saturated carbocycles. The van der Waals surface area contributed by atoms with Crippen LogP contribution in [0.15, 0.2) is 42.7 Å². The average Bonchev–Trinajstić information content (AvgIpc) is 3.06. The van der Waals surface area contributed by atoms with Gasteiger partial charge in [0.25, 0.3) is 0 Å². The number of rotatable bonds is 4. The van der Waals surface area contributed by atoms with Crippen molar-refractivity contribution >= 4 is 17.4 Å². The maximum absolute atomic E-state index is 12.1. The zero-order chi connectivity index (χ0) is 17.8. The lowest BCUT2D eigenvalue weighted by atomic mass is 10.1. The van der Waals surface area contributed by atoms with Gasteiger partial charge in [-0.15, -0.1) is 0 Å². The first-order valence-electron chi connectivity index (χ1n) is 7.97. The van der Waals surface area contributed by atoms with Gasteiger partial charge in [0, 0.05) is 24.0 Å². The highest BCUT2D eigenvalue weighted by molar-refractivity contribution is 5.88. The molecule has 0 unspecified atom stereocenters. The lowest BCUT2D eigenvalue weighted by Gasteiger charge is -2.20. The molecule has 7 nitrogen and oxygen atoms in total. The van der Waals surface area contributed by atoms with Crippen molar-refractivity contribution in [3.63, 3.8) is 0 Å². The van der Waals surface area contributed by atoms with Crippen LogP contribution in [0.2, 0.25) is 0 Å². The van der Waals surface area contributed by atoms with E-state index in [0.717, 1.165) is 16.9 Å². The first-order valence-corrected chi connectivity index (χ1v) is 7.97. The highest BCUT2D eigenvalue weighted by Gasteiger charge is 2.16. The third-order valence-corrected chi connectivity index (χ3v) is 3.78. The van der Waals surface area contributed by atoms with E-state index in [-0.39, 0.29) is 6.09 Å². The van der Waals surface area contributed by atoms with Gasteiger partial charge in [0.1, 0.15) is 11.6 Å². The molecular formula is C18H17N5O2. The van der Waals surface area contributed by atoms with Gasteiger partial charge in [-0.1, -0.05) is 12.1 Å². The first kappa shape index (κ1) is 16.5.